The number of rotatable bonds is 1. The fourth-order valence-corrected chi connectivity index (χ4v) is 2.68. The first-order valence-electron chi connectivity index (χ1n) is 6.93. The highest BCUT2D eigenvalue weighted by Crippen LogP contribution is 2.27. The number of hydrogen-bond acceptors (Lipinski definition) is 3. The summed E-state index contributed by atoms with van der Waals surface area (Å²) < 4.78 is 0. The van der Waals surface area contributed by atoms with E-state index in [1.807, 2.05) is 13.8 Å². The number of aliphatic imine (C=N–C) groups is 4. The Labute approximate surface area is 119 Å². The highest BCUT2D eigenvalue weighted by molar-refractivity contribution is 6.22. The van der Waals surface area contributed by atoms with Gasteiger partial charge in [0.2, 0.25) is 0 Å². The van der Waals surface area contributed by atoms with E-state index < -0.39 is 0 Å². The maximum atomic E-state index is 4.63. The molecule has 3 rings (SSSR count). The summed E-state index contributed by atoms with van der Waals surface area (Å²) in [6.07, 6.45) is 7.57. The van der Waals surface area contributed by atoms with Crippen LogP contribution in [-0.2, 0) is 0 Å². The van der Waals surface area contributed by atoms with E-state index in [0.29, 0.717) is 0 Å². The Bertz CT molecular complexity index is 681. The van der Waals surface area contributed by atoms with Crippen molar-refractivity contribution in [2.24, 2.45) is 25.9 Å². The van der Waals surface area contributed by atoms with Crippen molar-refractivity contribution in [3.63, 3.8) is 0 Å². The summed E-state index contributed by atoms with van der Waals surface area (Å²) in [5.74, 6) is 2.49. The fourth-order valence-electron chi connectivity index (χ4n) is 2.68. The summed E-state index contributed by atoms with van der Waals surface area (Å²) in [5, 5.41) is 0. The van der Waals surface area contributed by atoms with Gasteiger partial charge in [-0.15, -0.1) is 0 Å². The van der Waals surface area contributed by atoms with Crippen molar-refractivity contribution < 1.29 is 0 Å². The summed E-state index contributed by atoms with van der Waals surface area (Å²) in [6.45, 7) is 6.22. The second kappa shape index (κ2) is 4.78. The van der Waals surface area contributed by atoms with Gasteiger partial charge in [-0.3, -0.25) is 4.99 Å². The molecule has 4 heteroatoms. The quantitative estimate of drug-likeness (QED) is 0.700. The summed E-state index contributed by atoms with van der Waals surface area (Å²) in [6, 6.07) is 0. The van der Waals surface area contributed by atoms with E-state index in [0.717, 1.165) is 40.8 Å². The second-order valence-electron chi connectivity index (χ2n) is 5.17. The van der Waals surface area contributed by atoms with Crippen LogP contribution in [0, 0.1) is 5.92 Å². The standard InChI is InChI=1S/C16H18N4/c1-5-11-7-13-8-12-6-9(2)14(17-4)19-16(12)20-15(13)18-10(11)3/h6-8,13H,5H2,1-4H3. The molecule has 0 saturated heterocycles. The summed E-state index contributed by atoms with van der Waals surface area (Å²) >= 11 is 0. The van der Waals surface area contributed by atoms with Crippen molar-refractivity contribution in [3.05, 3.63) is 34.9 Å². The zero-order valence-corrected chi connectivity index (χ0v) is 12.3. The van der Waals surface area contributed by atoms with Crippen LogP contribution in [0.25, 0.3) is 0 Å². The van der Waals surface area contributed by atoms with Gasteiger partial charge in [0.1, 0.15) is 5.84 Å². The van der Waals surface area contributed by atoms with E-state index in [4.69, 9.17) is 0 Å². The van der Waals surface area contributed by atoms with Crippen LogP contribution in [0.15, 0.2) is 54.9 Å². The van der Waals surface area contributed by atoms with Crippen LogP contribution >= 0.6 is 0 Å². The van der Waals surface area contributed by atoms with Gasteiger partial charge in [-0.1, -0.05) is 19.1 Å². The van der Waals surface area contributed by atoms with Crippen molar-refractivity contribution in [1.82, 2.24) is 0 Å². The lowest BCUT2D eigenvalue weighted by Crippen LogP contribution is -2.25. The number of hydrogen-bond donors (Lipinski definition) is 0. The molecule has 0 aromatic carbocycles. The molecule has 0 aliphatic carbocycles. The van der Waals surface area contributed by atoms with E-state index in [2.05, 4.69) is 45.1 Å². The summed E-state index contributed by atoms with van der Waals surface area (Å²) in [7, 11) is 1.75. The minimum Gasteiger partial charge on any atom is -0.270 e. The van der Waals surface area contributed by atoms with Crippen LogP contribution in [0.5, 0.6) is 0 Å². The molecule has 0 aromatic heterocycles. The maximum absolute atomic E-state index is 4.63. The Morgan fingerprint density at radius 3 is 2.65 bits per heavy atom. The number of allylic oxidation sites excluding steroid dienone is 1. The fraction of sp³-hybridized carbons (Fsp3) is 0.375. The molecule has 20 heavy (non-hydrogen) atoms. The van der Waals surface area contributed by atoms with Crippen molar-refractivity contribution in [2.75, 3.05) is 7.05 Å². The first kappa shape index (κ1) is 12.9. The van der Waals surface area contributed by atoms with E-state index in [9.17, 15) is 0 Å². The molecule has 0 aromatic rings. The van der Waals surface area contributed by atoms with Crippen molar-refractivity contribution in [3.8, 4) is 0 Å². The Morgan fingerprint density at radius 1 is 1.15 bits per heavy atom. The van der Waals surface area contributed by atoms with Crippen LogP contribution in [0.4, 0.5) is 0 Å². The van der Waals surface area contributed by atoms with Gasteiger partial charge in [0.25, 0.3) is 0 Å². The van der Waals surface area contributed by atoms with Crippen LogP contribution in [0.2, 0.25) is 0 Å². The maximum Gasteiger partial charge on any atom is 0.163 e. The molecule has 0 N–H and O–H groups in total. The molecule has 0 fully saturated rings. The topological polar surface area (TPSA) is 49.4 Å². The zero-order chi connectivity index (χ0) is 14.3. The third kappa shape index (κ3) is 2.01. The highest BCUT2D eigenvalue weighted by Gasteiger charge is 2.26. The average molecular weight is 266 g/mol. The molecular formula is C16H18N4. The zero-order valence-electron chi connectivity index (χ0n) is 12.3. The lowest BCUT2D eigenvalue weighted by Gasteiger charge is -2.24. The molecule has 0 bridgehead atoms. The van der Waals surface area contributed by atoms with Crippen LogP contribution < -0.4 is 0 Å². The van der Waals surface area contributed by atoms with E-state index >= 15 is 0 Å². The molecular weight excluding hydrogens is 248 g/mol. The molecule has 1 atom stereocenters. The van der Waals surface area contributed by atoms with Gasteiger partial charge >= 0.3 is 0 Å². The minimum atomic E-state index is 0.173. The van der Waals surface area contributed by atoms with Crippen LogP contribution in [-0.4, -0.2) is 30.3 Å². The normalized spacial score (nSPS) is 26.6. The lowest BCUT2D eigenvalue weighted by atomic mass is 9.91. The van der Waals surface area contributed by atoms with E-state index in [1.165, 1.54) is 5.57 Å². The number of dihydropyridines is 3. The number of fused-ring (bicyclic) bond motifs is 2. The van der Waals surface area contributed by atoms with E-state index in [1.54, 1.807) is 7.05 Å². The lowest BCUT2D eigenvalue weighted by molar-refractivity contribution is 1.02. The number of amidine groups is 3. The first-order valence-corrected chi connectivity index (χ1v) is 6.93. The predicted molar refractivity (Wildman–Crippen MR) is 85.0 cm³/mol. The molecule has 102 valence electrons. The first-order chi connectivity index (χ1) is 9.62. The average Bonchev–Trinajstić information content (AvgIpc) is 2.44. The predicted octanol–water partition coefficient (Wildman–Crippen LogP) is 3.14. The molecule has 4 nitrogen and oxygen atoms in total. The molecule has 3 aliphatic rings. The molecule has 3 heterocycles. The molecule has 0 amide bonds. The minimum absolute atomic E-state index is 0.173. The SMILES string of the molecule is CCC1=CC2C=C3C=C(C)C(=NC)N=C3N=C2N=C1C. The van der Waals surface area contributed by atoms with Crippen molar-refractivity contribution in [2.45, 2.75) is 27.2 Å². The highest BCUT2D eigenvalue weighted by atomic mass is 15.0. The Morgan fingerprint density at radius 2 is 1.95 bits per heavy atom. The Balaban J connectivity index is 2.06. The van der Waals surface area contributed by atoms with Gasteiger partial charge in [0, 0.05) is 18.3 Å². The van der Waals surface area contributed by atoms with Gasteiger partial charge in [-0.2, -0.15) is 0 Å². The third-order valence-electron chi connectivity index (χ3n) is 3.79. The van der Waals surface area contributed by atoms with Gasteiger partial charge in [-0.05, 0) is 37.5 Å². The molecule has 0 spiro atoms. The van der Waals surface area contributed by atoms with Crippen LogP contribution in [0.1, 0.15) is 27.2 Å². The van der Waals surface area contributed by atoms with Gasteiger partial charge in [-0.25, -0.2) is 15.0 Å². The Hall–Kier alpha value is -2.10. The Kier molecular flexibility index (Phi) is 3.08. The van der Waals surface area contributed by atoms with Crippen molar-refractivity contribution in [1.29, 1.82) is 0 Å². The monoisotopic (exact) mass is 266 g/mol. The third-order valence-corrected chi connectivity index (χ3v) is 3.79. The molecule has 0 radical (unpaired) electrons. The van der Waals surface area contributed by atoms with Gasteiger partial charge in [0.15, 0.2) is 11.7 Å². The van der Waals surface area contributed by atoms with Crippen molar-refractivity contribution >= 4 is 23.2 Å². The summed E-state index contributed by atoms with van der Waals surface area (Å²) in [5.41, 5.74) is 4.52. The largest absolute Gasteiger partial charge is 0.270 e. The van der Waals surface area contributed by atoms with E-state index in [-0.39, 0.29) is 5.92 Å². The van der Waals surface area contributed by atoms with Gasteiger partial charge < -0.3 is 0 Å². The summed E-state index contributed by atoms with van der Waals surface area (Å²) in [4.78, 5) is 17.9. The van der Waals surface area contributed by atoms with Gasteiger partial charge in [0.05, 0.1) is 5.92 Å². The molecule has 1 unspecified atom stereocenters. The smallest absolute Gasteiger partial charge is 0.163 e. The molecule has 0 saturated carbocycles. The number of nitrogens with zero attached hydrogens (tertiary/aromatic N) is 4. The van der Waals surface area contributed by atoms with Crippen LogP contribution in [0.3, 0.4) is 0 Å². The molecule has 3 aliphatic heterocycles. The second-order valence-corrected chi connectivity index (χ2v) is 5.17.